The number of benzene rings is 2. The number of hydrogen-bond acceptors (Lipinski definition) is 6. The zero-order valence-corrected chi connectivity index (χ0v) is 21.5. The van der Waals surface area contributed by atoms with Gasteiger partial charge in [0.25, 0.3) is 0 Å². The fraction of sp³-hybridized carbons (Fsp3) is 0.467. The lowest BCUT2D eigenvalue weighted by Crippen LogP contribution is -2.17. The van der Waals surface area contributed by atoms with Crippen LogP contribution in [0.3, 0.4) is 0 Å². The Bertz CT molecular complexity index is 906. The van der Waals surface area contributed by atoms with Crippen molar-refractivity contribution >= 4 is 11.8 Å². The van der Waals surface area contributed by atoms with Gasteiger partial charge in [0.2, 0.25) is 0 Å². The Labute approximate surface area is 215 Å². The molecule has 36 heavy (non-hydrogen) atoms. The molecule has 0 fully saturated rings. The molecule has 0 aliphatic rings. The first-order valence-corrected chi connectivity index (χ1v) is 12.9. The number of ether oxygens (including phenoxy) is 4. The van der Waals surface area contributed by atoms with Crippen LogP contribution in [-0.2, 0) is 20.9 Å². The fourth-order valence-corrected chi connectivity index (χ4v) is 3.53. The van der Waals surface area contributed by atoms with Crippen LogP contribution in [0.2, 0.25) is 0 Å². The first-order chi connectivity index (χ1) is 17.6. The van der Waals surface area contributed by atoms with E-state index in [-0.39, 0.29) is 25.6 Å². The van der Waals surface area contributed by atoms with Gasteiger partial charge in [0, 0.05) is 0 Å². The number of hydrogen-bond donors (Lipinski definition) is 0. The van der Waals surface area contributed by atoms with Crippen LogP contribution < -0.4 is 9.47 Å². The summed E-state index contributed by atoms with van der Waals surface area (Å²) in [5.74, 6) is 0.597. The summed E-state index contributed by atoms with van der Waals surface area (Å²) in [5, 5.41) is 0. The quantitative estimate of drug-likeness (QED) is 0.115. The molecule has 0 saturated heterocycles. The highest BCUT2D eigenvalue weighted by atomic mass is 16.5. The number of carbonyl (C=O) groups excluding carboxylic acids is 2. The first-order valence-electron chi connectivity index (χ1n) is 12.9. The highest BCUT2D eigenvalue weighted by molar-refractivity contribution is 5.90. The smallest absolute Gasteiger partial charge is 0.338 e. The second-order valence-corrected chi connectivity index (χ2v) is 8.70. The lowest BCUT2D eigenvalue weighted by Gasteiger charge is -2.09. The van der Waals surface area contributed by atoms with Gasteiger partial charge in [-0.25, -0.2) is 4.79 Å². The fourth-order valence-electron chi connectivity index (χ4n) is 3.53. The number of ketones is 1. The second kappa shape index (κ2) is 18.2. The maximum absolute atomic E-state index is 12.1. The Morgan fingerprint density at radius 3 is 2.28 bits per heavy atom. The van der Waals surface area contributed by atoms with Crippen molar-refractivity contribution in [2.24, 2.45) is 0 Å². The molecule has 0 radical (unpaired) electrons. The van der Waals surface area contributed by atoms with Gasteiger partial charge in [0.05, 0.1) is 18.8 Å². The van der Waals surface area contributed by atoms with E-state index in [0.29, 0.717) is 17.9 Å². The van der Waals surface area contributed by atoms with E-state index in [1.807, 2.05) is 24.3 Å². The van der Waals surface area contributed by atoms with Crippen LogP contribution in [-0.4, -0.2) is 38.2 Å². The van der Waals surface area contributed by atoms with E-state index in [1.54, 1.807) is 18.2 Å². The third kappa shape index (κ3) is 12.5. The summed E-state index contributed by atoms with van der Waals surface area (Å²) in [7, 11) is 0. The lowest BCUT2D eigenvalue weighted by atomic mass is 10.1. The van der Waals surface area contributed by atoms with Crippen molar-refractivity contribution in [3.63, 3.8) is 0 Å². The van der Waals surface area contributed by atoms with E-state index in [1.165, 1.54) is 57.1 Å². The molecule has 0 atom stereocenters. The molecule has 0 heterocycles. The number of carbonyl (C=O) groups is 2. The molecule has 196 valence electrons. The predicted octanol–water partition coefficient (Wildman–Crippen LogP) is 6.71. The van der Waals surface area contributed by atoms with E-state index in [4.69, 9.17) is 18.9 Å². The van der Waals surface area contributed by atoms with Gasteiger partial charge in [-0.3, -0.25) is 4.79 Å². The van der Waals surface area contributed by atoms with Gasteiger partial charge in [-0.1, -0.05) is 82.7 Å². The Morgan fingerprint density at radius 2 is 1.56 bits per heavy atom. The van der Waals surface area contributed by atoms with Crippen LogP contribution in [0, 0.1) is 0 Å². The number of esters is 1. The zero-order valence-electron chi connectivity index (χ0n) is 21.5. The van der Waals surface area contributed by atoms with Crippen LogP contribution in [0.4, 0.5) is 0 Å². The minimum atomic E-state index is -0.473. The molecule has 0 N–H and O–H groups in total. The largest absolute Gasteiger partial charge is 0.494 e. The third-order valence-electron chi connectivity index (χ3n) is 5.52. The van der Waals surface area contributed by atoms with E-state index < -0.39 is 5.97 Å². The van der Waals surface area contributed by atoms with Gasteiger partial charge in [0.15, 0.2) is 5.78 Å². The van der Waals surface area contributed by atoms with Gasteiger partial charge in [0.1, 0.15) is 31.3 Å². The van der Waals surface area contributed by atoms with Crippen molar-refractivity contribution in [1.29, 1.82) is 0 Å². The van der Waals surface area contributed by atoms with Gasteiger partial charge in [-0.05, 0) is 42.3 Å². The third-order valence-corrected chi connectivity index (χ3v) is 5.52. The Hall–Kier alpha value is -3.12. The molecular formula is C30H40O6. The van der Waals surface area contributed by atoms with Crippen molar-refractivity contribution in [3.8, 4) is 11.5 Å². The van der Waals surface area contributed by atoms with Crippen molar-refractivity contribution in [1.82, 2.24) is 0 Å². The van der Waals surface area contributed by atoms with E-state index >= 15 is 0 Å². The molecule has 0 spiro atoms. The SMILES string of the molecule is C=CCOC(=O)c1cccc(OCC(=O)COCc2ccc(OCCCCCCCCCC)cc2)c1. The average molecular weight is 497 g/mol. The van der Waals surface area contributed by atoms with Crippen LogP contribution >= 0.6 is 0 Å². The molecule has 2 aromatic rings. The zero-order chi connectivity index (χ0) is 25.8. The van der Waals surface area contributed by atoms with Gasteiger partial charge in [-0.15, -0.1) is 0 Å². The minimum absolute atomic E-state index is 0.0578. The average Bonchev–Trinajstić information content (AvgIpc) is 2.90. The lowest BCUT2D eigenvalue weighted by molar-refractivity contribution is -0.126. The van der Waals surface area contributed by atoms with Crippen LogP contribution in [0.5, 0.6) is 11.5 Å². The number of unbranched alkanes of at least 4 members (excludes halogenated alkanes) is 7. The van der Waals surface area contributed by atoms with Crippen molar-refractivity contribution in [3.05, 3.63) is 72.3 Å². The Morgan fingerprint density at radius 1 is 0.833 bits per heavy atom. The van der Waals surface area contributed by atoms with Crippen LogP contribution in [0.25, 0.3) is 0 Å². The molecule has 0 amide bonds. The summed E-state index contributed by atoms with van der Waals surface area (Å²) >= 11 is 0. The molecule has 6 nitrogen and oxygen atoms in total. The van der Waals surface area contributed by atoms with E-state index in [9.17, 15) is 9.59 Å². The maximum atomic E-state index is 12.1. The molecule has 0 aromatic heterocycles. The molecule has 2 rings (SSSR count). The summed E-state index contributed by atoms with van der Waals surface area (Å²) in [4.78, 5) is 24.0. The molecule has 0 bridgehead atoms. The van der Waals surface area contributed by atoms with Gasteiger partial charge >= 0.3 is 5.97 Å². The van der Waals surface area contributed by atoms with Crippen molar-refractivity contribution in [2.75, 3.05) is 26.4 Å². The molecule has 6 heteroatoms. The molecule has 0 aliphatic heterocycles. The maximum Gasteiger partial charge on any atom is 0.338 e. The number of Topliss-reactive ketones (excluding diaryl/α,β-unsaturated/α-hetero) is 1. The standard InChI is InChI=1S/C30H40O6/c1-3-5-6-7-8-9-10-11-20-34-28-17-15-25(16-18-28)22-33-23-27(31)24-36-29-14-12-13-26(21-29)30(32)35-19-4-2/h4,12-18,21H,2-3,5-11,19-20,22-24H2,1H3. The summed E-state index contributed by atoms with van der Waals surface area (Å²) in [6.45, 7) is 6.75. The highest BCUT2D eigenvalue weighted by Gasteiger charge is 2.09. The van der Waals surface area contributed by atoms with Gasteiger partial charge in [-0.2, -0.15) is 0 Å². The predicted molar refractivity (Wildman–Crippen MR) is 142 cm³/mol. The summed E-state index contributed by atoms with van der Waals surface area (Å²) < 4.78 is 21.8. The molecular weight excluding hydrogens is 456 g/mol. The van der Waals surface area contributed by atoms with Gasteiger partial charge < -0.3 is 18.9 Å². The highest BCUT2D eigenvalue weighted by Crippen LogP contribution is 2.16. The molecule has 0 unspecified atom stereocenters. The normalized spacial score (nSPS) is 10.6. The van der Waals surface area contributed by atoms with E-state index in [0.717, 1.165) is 24.3 Å². The first kappa shape index (κ1) is 29.1. The Balaban J connectivity index is 1.58. The van der Waals surface area contributed by atoms with Crippen LogP contribution in [0.1, 0.15) is 74.2 Å². The second-order valence-electron chi connectivity index (χ2n) is 8.70. The molecule has 0 aliphatic carbocycles. The molecule has 2 aromatic carbocycles. The summed E-state index contributed by atoms with van der Waals surface area (Å²) in [6, 6.07) is 14.3. The monoisotopic (exact) mass is 496 g/mol. The summed E-state index contributed by atoms with van der Waals surface area (Å²) in [6.07, 6.45) is 11.7. The minimum Gasteiger partial charge on any atom is -0.494 e. The van der Waals surface area contributed by atoms with Crippen LogP contribution in [0.15, 0.2) is 61.2 Å². The topological polar surface area (TPSA) is 71.1 Å². The summed E-state index contributed by atoms with van der Waals surface area (Å²) in [5.41, 5.74) is 1.32. The Kier molecular flexibility index (Phi) is 14.7. The van der Waals surface area contributed by atoms with Crippen molar-refractivity contribution in [2.45, 2.75) is 64.9 Å². The van der Waals surface area contributed by atoms with E-state index in [2.05, 4.69) is 13.5 Å². The number of rotatable bonds is 20. The molecule has 0 saturated carbocycles. The van der Waals surface area contributed by atoms with Crippen molar-refractivity contribution < 1.29 is 28.5 Å².